The van der Waals surface area contributed by atoms with Crippen LogP contribution in [-0.4, -0.2) is 14.8 Å². The summed E-state index contributed by atoms with van der Waals surface area (Å²) < 4.78 is 1.36. The lowest BCUT2D eigenvalue weighted by atomic mass is 10.3. The highest BCUT2D eigenvalue weighted by Gasteiger charge is 2.11. The zero-order chi connectivity index (χ0) is 13.1. The number of anilines is 1. The summed E-state index contributed by atoms with van der Waals surface area (Å²) in [5, 5.41) is 9.23. The Bertz CT molecular complexity index is 579. The van der Waals surface area contributed by atoms with Crippen LogP contribution in [0.15, 0.2) is 21.9 Å². The van der Waals surface area contributed by atoms with Gasteiger partial charge in [-0.05, 0) is 13.8 Å². The maximum Gasteiger partial charge on any atom is 0.287 e. The van der Waals surface area contributed by atoms with Gasteiger partial charge in [-0.15, -0.1) is 11.3 Å². The molecule has 0 spiro atoms. The smallest absolute Gasteiger partial charge is 0.287 e. The summed E-state index contributed by atoms with van der Waals surface area (Å²) in [7, 11) is 0. The molecule has 2 aromatic rings. The molecule has 18 heavy (non-hydrogen) atoms. The Balaban J connectivity index is 2.20. The van der Waals surface area contributed by atoms with Crippen molar-refractivity contribution < 1.29 is 0 Å². The van der Waals surface area contributed by atoms with Crippen LogP contribution in [0.25, 0.3) is 0 Å². The van der Waals surface area contributed by atoms with Crippen molar-refractivity contribution >= 4 is 28.6 Å². The van der Waals surface area contributed by atoms with Crippen molar-refractivity contribution in [1.29, 1.82) is 0 Å². The maximum absolute atomic E-state index is 11.9. The molecular weight excluding hydrogens is 272 g/mol. The largest absolute Gasteiger partial charge is 0.377 e. The van der Waals surface area contributed by atoms with Crippen molar-refractivity contribution in [2.24, 2.45) is 0 Å². The van der Waals surface area contributed by atoms with Gasteiger partial charge in [-0.3, -0.25) is 4.79 Å². The summed E-state index contributed by atoms with van der Waals surface area (Å²) in [4.78, 5) is 16.0. The fourth-order valence-corrected chi connectivity index (χ4v) is 2.21. The number of halogens is 1. The van der Waals surface area contributed by atoms with Crippen molar-refractivity contribution in [2.75, 3.05) is 5.32 Å². The molecule has 0 aliphatic heterocycles. The van der Waals surface area contributed by atoms with Crippen molar-refractivity contribution in [3.05, 3.63) is 38.2 Å². The second kappa shape index (κ2) is 5.49. The SMILES string of the molecule is CC(C)n1ncc(NCc2cscn2)c(Cl)c1=O. The van der Waals surface area contributed by atoms with Gasteiger partial charge < -0.3 is 5.32 Å². The molecule has 0 aliphatic carbocycles. The lowest BCUT2D eigenvalue weighted by Gasteiger charge is -2.11. The van der Waals surface area contributed by atoms with Gasteiger partial charge in [-0.1, -0.05) is 11.6 Å². The molecule has 7 heteroatoms. The third-order valence-electron chi connectivity index (χ3n) is 2.38. The van der Waals surface area contributed by atoms with Crippen LogP contribution >= 0.6 is 22.9 Å². The van der Waals surface area contributed by atoms with Crippen molar-refractivity contribution in [3.8, 4) is 0 Å². The molecule has 0 unspecified atom stereocenters. The third-order valence-corrected chi connectivity index (χ3v) is 3.38. The lowest BCUT2D eigenvalue weighted by molar-refractivity contribution is 0.503. The summed E-state index contributed by atoms with van der Waals surface area (Å²) in [5.74, 6) is 0. The first kappa shape index (κ1) is 13.0. The van der Waals surface area contributed by atoms with Gasteiger partial charge in [0.2, 0.25) is 0 Å². The number of nitrogens with one attached hydrogen (secondary N) is 1. The van der Waals surface area contributed by atoms with Gasteiger partial charge in [-0.2, -0.15) is 5.10 Å². The fourth-order valence-electron chi connectivity index (χ4n) is 1.45. The first-order valence-corrected chi connectivity index (χ1v) is 6.80. The van der Waals surface area contributed by atoms with Crippen molar-refractivity contribution in [1.82, 2.24) is 14.8 Å². The fraction of sp³-hybridized carbons (Fsp3) is 0.364. The zero-order valence-electron chi connectivity index (χ0n) is 10.1. The zero-order valence-corrected chi connectivity index (χ0v) is 11.6. The third kappa shape index (κ3) is 2.70. The van der Waals surface area contributed by atoms with Crippen LogP contribution < -0.4 is 10.9 Å². The summed E-state index contributed by atoms with van der Waals surface area (Å²) in [5.41, 5.74) is 2.92. The van der Waals surface area contributed by atoms with Gasteiger partial charge in [0.25, 0.3) is 5.56 Å². The maximum atomic E-state index is 11.9. The Hall–Kier alpha value is -1.40. The first-order valence-electron chi connectivity index (χ1n) is 5.48. The number of aromatic nitrogens is 3. The van der Waals surface area contributed by atoms with Gasteiger partial charge in [0.05, 0.1) is 35.7 Å². The van der Waals surface area contributed by atoms with E-state index in [1.807, 2.05) is 19.2 Å². The Labute approximate surface area is 113 Å². The molecule has 1 N–H and O–H groups in total. The van der Waals surface area contributed by atoms with E-state index in [0.29, 0.717) is 12.2 Å². The minimum atomic E-state index is -0.282. The monoisotopic (exact) mass is 284 g/mol. The van der Waals surface area contributed by atoms with E-state index in [2.05, 4.69) is 15.4 Å². The molecule has 2 heterocycles. The van der Waals surface area contributed by atoms with Crippen LogP contribution in [0, 0.1) is 0 Å². The van der Waals surface area contributed by atoms with Crippen LogP contribution in [0.5, 0.6) is 0 Å². The molecule has 0 amide bonds. The molecule has 0 aromatic carbocycles. The quantitative estimate of drug-likeness (QED) is 0.937. The highest BCUT2D eigenvalue weighted by Crippen LogP contribution is 2.17. The van der Waals surface area contributed by atoms with E-state index in [1.165, 1.54) is 16.0 Å². The Kier molecular flexibility index (Phi) is 3.98. The van der Waals surface area contributed by atoms with Gasteiger partial charge >= 0.3 is 0 Å². The van der Waals surface area contributed by atoms with Crippen LogP contribution in [0.3, 0.4) is 0 Å². The molecule has 0 saturated carbocycles. The minimum absolute atomic E-state index is 0.0115. The number of thiazole rings is 1. The molecule has 5 nitrogen and oxygen atoms in total. The second-order valence-electron chi connectivity index (χ2n) is 4.05. The number of hydrogen-bond donors (Lipinski definition) is 1. The Morgan fingerprint density at radius 3 is 2.94 bits per heavy atom. The molecule has 2 rings (SSSR count). The van der Waals surface area contributed by atoms with E-state index in [4.69, 9.17) is 11.6 Å². The standard InChI is InChI=1S/C11H13ClN4OS/c1-7(2)16-11(17)10(12)9(4-15-16)13-3-8-5-18-6-14-8/h4-7,13H,3H2,1-2H3. The molecule has 0 fully saturated rings. The molecule has 96 valence electrons. The van der Waals surface area contributed by atoms with Gasteiger partial charge in [0.15, 0.2) is 0 Å². The predicted octanol–water partition coefficient (Wildman–Crippen LogP) is 2.55. The number of hydrogen-bond acceptors (Lipinski definition) is 5. The number of nitrogens with zero attached hydrogens (tertiary/aromatic N) is 3. The normalized spacial score (nSPS) is 10.9. The van der Waals surface area contributed by atoms with E-state index < -0.39 is 0 Å². The highest BCUT2D eigenvalue weighted by atomic mass is 35.5. The Morgan fingerprint density at radius 1 is 1.56 bits per heavy atom. The molecular formula is C11H13ClN4OS. The average molecular weight is 285 g/mol. The average Bonchev–Trinajstić information content (AvgIpc) is 2.83. The molecule has 0 aliphatic rings. The molecule has 2 aromatic heterocycles. The van der Waals surface area contributed by atoms with Crippen LogP contribution in [0.4, 0.5) is 5.69 Å². The summed E-state index contributed by atoms with van der Waals surface area (Å²) in [6.45, 7) is 4.29. The van der Waals surface area contributed by atoms with E-state index in [9.17, 15) is 4.79 Å². The van der Waals surface area contributed by atoms with Crippen LogP contribution in [0.1, 0.15) is 25.6 Å². The Morgan fingerprint density at radius 2 is 2.33 bits per heavy atom. The van der Waals surface area contributed by atoms with E-state index in [0.717, 1.165) is 5.69 Å². The predicted molar refractivity (Wildman–Crippen MR) is 73.3 cm³/mol. The summed E-state index contributed by atoms with van der Waals surface area (Å²) in [6, 6.07) is -0.0115. The molecule has 0 radical (unpaired) electrons. The topological polar surface area (TPSA) is 59.8 Å². The van der Waals surface area contributed by atoms with Gasteiger partial charge in [0, 0.05) is 5.38 Å². The van der Waals surface area contributed by atoms with Crippen LogP contribution in [-0.2, 0) is 6.54 Å². The van der Waals surface area contributed by atoms with Gasteiger partial charge in [0.1, 0.15) is 5.02 Å². The molecule has 0 atom stereocenters. The summed E-state index contributed by atoms with van der Waals surface area (Å²) >= 11 is 7.55. The second-order valence-corrected chi connectivity index (χ2v) is 5.15. The minimum Gasteiger partial charge on any atom is -0.377 e. The highest BCUT2D eigenvalue weighted by molar-refractivity contribution is 7.07. The van der Waals surface area contributed by atoms with Gasteiger partial charge in [-0.25, -0.2) is 9.67 Å². The molecule has 0 saturated heterocycles. The first-order chi connectivity index (χ1) is 8.59. The van der Waals surface area contributed by atoms with Crippen molar-refractivity contribution in [3.63, 3.8) is 0 Å². The van der Waals surface area contributed by atoms with E-state index in [-0.39, 0.29) is 16.6 Å². The lowest BCUT2D eigenvalue weighted by Crippen LogP contribution is -2.25. The van der Waals surface area contributed by atoms with Crippen molar-refractivity contribution in [2.45, 2.75) is 26.4 Å². The van der Waals surface area contributed by atoms with E-state index in [1.54, 1.807) is 11.7 Å². The molecule has 0 bridgehead atoms. The summed E-state index contributed by atoms with van der Waals surface area (Å²) in [6.07, 6.45) is 1.57. The number of rotatable bonds is 4. The van der Waals surface area contributed by atoms with E-state index >= 15 is 0 Å². The van der Waals surface area contributed by atoms with Crippen LogP contribution in [0.2, 0.25) is 5.02 Å².